The molecule has 1 rings (SSSR count). The van der Waals surface area contributed by atoms with Crippen molar-refractivity contribution in [3.05, 3.63) is 34.3 Å². The first-order valence-corrected chi connectivity index (χ1v) is 7.14. The summed E-state index contributed by atoms with van der Waals surface area (Å²) in [4.78, 5) is 14.3. The van der Waals surface area contributed by atoms with E-state index in [1.165, 1.54) is 0 Å². The van der Waals surface area contributed by atoms with Gasteiger partial charge < -0.3 is 10.6 Å². The molecule has 0 atom stereocenters. The molecule has 0 unspecified atom stereocenters. The van der Waals surface area contributed by atoms with Gasteiger partial charge in [0.25, 0.3) is 0 Å². The van der Waals surface area contributed by atoms with E-state index < -0.39 is 11.0 Å². The Kier molecular flexibility index (Phi) is 4.80. The summed E-state index contributed by atoms with van der Waals surface area (Å²) in [5.41, 5.74) is 6.03. The zero-order valence-corrected chi connectivity index (χ0v) is 13.9. The molecule has 0 radical (unpaired) electrons. The number of nitrogens with two attached hydrogens (primary N) is 1. The van der Waals surface area contributed by atoms with E-state index in [1.54, 1.807) is 4.90 Å². The molecule has 1 amide bonds. The van der Waals surface area contributed by atoms with Crippen LogP contribution in [0.1, 0.15) is 33.3 Å². The fourth-order valence-corrected chi connectivity index (χ4v) is 2.12. The summed E-state index contributed by atoms with van der Waals surface area (Å²) < 4.78 is 1.01. The first-order valence-electron chi connectivity index (χ1n) is 6.35. The van der Waals surface area contributed by atoms with Gasteiger partial charge in [-0.2, -0.15) is 0 Å². The number of hydrogen-bond donors (Lipinski definition) is 1. The van der Waals surface area contributed by atoms with Gasteiger partial charge in [0.2, 0.25) is 5.91 Å². The van der Waals surface area contributed by atoms with Crippen LogP contribution in [0.15, 0.2) is 28.7 Å². The lowest BCUT2D eigenvalue weighted by molar-refractivity contribution is -0.142. The standard InChI is InChI=1S/C15H23BrN2O/c1-14(2,15(3,4)17)13(19)18(5)10-11-8-6-7-9-12(11)16/h6-9H,10,17H2,1-5H3. The molecule has 0 aliphatic heterocycles. The Balaban J connectivity index is 2.88. The maximum atomic E-state index is 12.6. The van der Waals surface area contributed by atoms with Crippen LogP contribution in [0, 0.1) is 5.41 Å². The lowest BCUT2D eigenvalue weighted by Gasteiger charge is -2.39. The maximum absolute atomic E-state index is 12.6. The van der Waals surface area contributed by atoms with Crippen LogP contribution in [0.2, 0.25) is 0 Å². The molecule has 0 saturated heterocycles. The highest BCUT2D eigenvalue weighted by atomic mass is 79.9. The molecule has 106 valence electrons. The fourth-order valence-electron chi connectivity index (χ4n) is 1.71. The third-order valence-corrected chi connectivity index (χ3v) is 4.63. The molecule has 0 heterocycles. The number of benzene rings is 1. The van der Waals surface area contributed by atoms with E-state index in [9.17, 15) is 4.79 Å². The number of halogens is 1. The molecule has 19 heavy (non-hydrogen) atoms. The van der Waals surface area contributed by atoms with Gasteiger partial charge in [0.05, 0.1) is 5.41 Å². The predicted molar refractivity (Wildman–Crippen MR) is 82.7 cm³/mol. The van der Waals surface area contributed by atoms with E-state index in [0.717, 1.165) is 10.0 Å². The molecule has 0 saturated carbocycles. The second kappa shape index (κ2) is 5.63. The average molecular weight is 327 g/mol. The smallest absolute Gasteiger partial charge is 0.230 e. The topological polar surface area (TPSA) is 46.3 Å². The summed E-state index contributed by atoms with van der Waals surface area (Å²) in [6.07, 6.45) is 0. The molecule has 0 bridgehead atoms. The number of nitrogens with zero attached hydrogens (tertiary/aromatic N) is 1. The van der Waals surface area contributed by atoms with Crippen molar-refractivity contribution in [2.24, 2.45) is 11.1 Å². The summed E-state index contributed by atoms with van der Waals surface area (Å²) in [5, 5.41) is 0. The van der Waals surface area contributed by atoms with Crippen molar-refractivity contribution in [2.75, 3.05) is 7.05 Å². The van der Waals surface area contributed by atoms with Gasteiger partial charge in [-0.3, -0.25) is 4.79 Å². The van der Waals surface area contributed by atoms with Crippen LogP contribution in [0.4, 0.5) is 0 Å². The van der Waals surface area contributed by atoms with Gasteiger partial charge in [-0.05, 0) is 39.3 Å². The normalized spacial score (nSPS) is 12.4. The SMILES string of the molecule is CN(Cc1ccccc1Br)C(=O)C(C)(C)C(C)(C)N. The first-order chi connectivity index (χ1) is 8.57. The molecule has 0 aliphatic rings. The molecule has 1 aromatic carbocycles. The van der Waals surface area contributed by atoms with Gasteiger partial charge in [-0.1, -0.05) is 34.1 Å². The highest BCUT2D eigenvalue weighted by Gasteiger charge is 2.41. The monoisotopic (exact) mass is 326 g/mol. The largest absolute Gasteiger partial charge is 0.341 e. The zero-order chi connectivity index (χ0) is 14.8. The molecule has 0 aliphatic carbocycles. The van der Waals surface area contributed by atoms with Gasteiger partial charge in [-0.15, -0.1) is 0 Å². The summed E-state index contributed by atoms with van der Waals surface area (Å²) in [7, 11) is 1.81. The molecule has 0 fully saturated rings. The van der Waals surface area contributed by atoms with Gasteiger partial charge in [0.15, 0.2) is 0 Å². The minimum absolute atomic E-state index is 0.0516. The van der Waals surface area contributed by atoms with Crippen molar-refractivity contribution in [3.63, 3.8) is 0 Å². The Morgan fingerprint density at radius 2 is 1.79 bits per heavy atom. The van der Waals surface area contributed by atoms with E-state index in [2.05, 4.69) is 15.9 Å². The van der Waals surface area contributed by atoms with E-state index >= 15 is 0 Å². The Bertz CT molecular complexity index is 463. The average Bonchev–Trinajstić information content (AvgIpc) is 2.29. The van der Waals surface area contributed by atoms with Crippen molar-refractivity contribution in [1.82, 2.24) is 4.90 Å². The summed E-state index contributed by atoms with van der Waals surface area (Å²) in [6, 6.07) is 7.92. The minimum Gasteiger partial charge on any atom is -0.341 e. The highest BCUT2D eigenvalue weighted by molar-refractivity contribution is 9.10. The van der Waals surface area contributed by atoms with Crippen molar-refractivity contribution < 1.29 is 4.79 Å². The van der Waals surface area contributed by atoms with Crippen molar-refractivity contribution in [3.8, 4) is 0 Å². The molecular formula is C15H23BrN2O. The second-order valence-corrected chi connectivity index (χ2v) is 6.95. The molecule has 1 aromatic rings. The van der Waals surface area contributed by atoms with Crippen molar-refractivity contribution in [1.29, 1.82) is 0 Å². The summed E-state index contributed by atoms with van der Waals surface area (Å²) in [6.45, 7) is 8.13. The Morgan fingerprint density at radius 3 is 2.26 bits per heavy atom. The van der Waals surface area contributed by atoms with Crippen molar-refractivity contribution >= 4 is 21.8 Å². The van der Waals surface area contributed by atoms with E-state index in [0.29, 0.717) is 6.54 Å². The number of carbonyl (C=O) groups excluding carboxylic acids is 1. The van der Waals surface area contributed by atoms with E-state index in [-0.39, 0.29) is 5.91 Å². The molecule has 3 nitrogen and oxygen atoms in total. The number of rotatable bonds is 4. The second-order valence-electron chi connectivity index (χ2n) is 6.10. The maximum Gasteiger partial charge on any atom is 0.230 e. The van der Waals surface area contributed by atoms with Crippen LogP contribution in [0.5, 0.6) is 0 Å². The van der Waals surface area contributed by atoms with Crippen LogP contribution in [0.3, 0.4) is 0 Å². The molecule has 4 heteroatoms. The van der Waals surface area contributed by atoms with Gasteiger partial charge >= 0.3 is 0 Å². The molecule has 0 spiro atoms. The van der Waals surface area contributed by atoms with E-state index in [1.807, 2.05) is 59.0 Å². The van der Waals surface area contributed by atoms with Crippen LogP contribution >= 0.6 is 15.9 Å². The van der Waals surface area contributed by atoms with Crippen molar-refractivity contribution in [2.45, 2.75) is 39.8 Å². The van der Waals surface area contributed by atoms with Crippen LogP contribution in [-0.2, 0) is 11.3 Å². The Labute approximate surface area is 124 Å². The van der Waals surface area contributed by atoms with Crippen LogP contribution in [0.25, 0.3) is 0 Å². The molecular weight excluding hydrogens is 304 g/mol. The third-order valence-electron chi connectivity index (χ3n) is 3.86. The lowest BCUT2D eigenvalue weighted by atomic mass is 9.74. The quantitative estimate of drug-likeness (QED) is 0.923. The first kappa shape index (κ1) is 16.2. The lowest BCUT2D eigenvalue weighted by Crippen LogP contribution is -2.55. The number of carbonyl (C=O) groups is 1. The predicted octanol–water partition coefficient (Wildman–Crippen LogP) is 3.17. The fraction of sp³-hybridized carbons (Fsp3) is 0.533. The Morgan fingerprint density at radius 1 is 1.26 bits per heavy atom. The minimum atomic E-state index is -0.608. The molecule has 0 aromatic heterocycles. The summed E-state index contributed by atoms with van der Waals surface area (Å²) in [5.74, 6) is 0.0516. The number of amides is 1. The van der Waals surface area contributed by atoms with Crippen LogP contribution < -0.4 is 5.73 Å². The van der Waals surface area contributed by atoms with Gasteiger partial charge in [0, 0.05) is 23.6 Å². The Hall–Kier alpha value is -0.870. The van der Waals surface area contributed by atoms with Gasteiger partial charge in [-0.25, -0.2) is 0 Å². The van der Waals surface area contributed by atoms with Gasteiger partial charge in [0.1, 0.15) is 0 Å². The van der Waals surface area contributed by atoms with E-state index in [4.69, 9.17) is 5.73 Å². The van der Waals surface area contributed by atoms with Crippen LogP contribution in [-0.4, -0.2) is 23.4 Å². The summed E-state index contributed by atoms with van der Waals surface area (Å²) >= 11 is 3.50. The third kappa shape index (κ3) is 3.57. The number of hydrogen-bond acceptors (Lipinski definition) is 2. The zero-order valence-electron chi connectivity index (χ0n) is 12.3. The molecule has 2 N–H and O–H groups in total. The highest BCUT2D eigenvalue weighted by Crippen LogP contribution is 2.31.